The van der Waals surface area contributed by atoms with Gasteiger partial charge in [0.25, 0.3) is 11.8 Å². The second-order valence-corrected chi connectivity index (χ2v) is 8.99. The fourth-order valence-electron chi connectivity index (χ4n) is 4.41. The zero-order valence-corrected chi connectivity index (χ0v) is 18.8. The van der Waals surface area contributed by atoms with E-state index in [1.54, 1.807) is 58.2 Å². The molecule has 1 N–H and O–H groups in total. The lowest BCUT2D eigenvalue weighted by Crippen LogP contribution is -2.57. The number of hydrogen-bond donors (Lipinski definition) is 1. The minimum atomic E-state index is -0.567. The second-order valence-electron chi connectivity index (χ2n) is 8.10. The van der Waals surface area contributed by atoms with Crippen LogP contribution in [0.25, 0.3) is 10.6 Å². The molecule has 2 unspecified atom stereocenters. The quantitative estimate of drug-likeness (QED) is 0.591. The lowest BCUT2D eigenvalue weighted by molar-refractivity contribution is -0.148. The van der Waals surface area contributed by atoms with E-state index in [4.69, 9.17) is 0 Å². The Balaban J connectivity index is 1.29. The fraction of sp³-hybridized carbons (Fsp3) is 0.304. The average molecular weight is 463 g/mol. The third-order valence-corrected chi connectivity index (χ3v) is 6.87. The monoisotopic (exact) mass is 462 g/mol. The van der Waals surface area contributed by atoms with Gasteiger partial charge in [-0.3, -0.25) is 29.3 Å². The van der Waals surface area contributed by atoms with Gasteiger partial charge in [0.1, 0.15) is 11.4 Å². The molecule has 3 aromatic rings. The molecule has 0 bridgehead atoms. The molecule has 0 saturated carbocycles. The molecule has 0 aromatic carbocycles. The summed E-state index contributed by atoms with van der Waals surface area (Å²) in [5.74, 6) is -1.69. The molecule has 1 saturated heterocycles. The summed E-state index contributed by atoms with van der Waals surface area (Å²) >= 11 is 1.47. The summed E-state index contributed by atoms with van der Waals surface area (Å²) in [6.45, 7) is 3.23. The summed E-state index contributed by atoms with van der Waals surface area (Å²) in [7, 11) is 0. The summed E-state index contributed by atoms with van der Waals surface area (Å²) in [6, 6.07) is 6.72. The van der Waals surface area contributed by atoms with Crippen LogP contribution in [-0.2, 0) is 9.59 Å². The molecule has 0 spiro atoms. The number of nitrogens with one attached hydrogen (secondary N) is 1. The van der Waals surface area contributed by atoms with Crippen molar-refractivity contribution in [2.24, 2.45) is 0 Å². The molecule has 168 valence electrons. The van der Waals surface area contributed by atoms with Crippen LogP contribution in [0.2, 0.25) is 0 Å². The highest BCUT2D eigenvalue weighted by Gasteiger charge is 2.39. The van der Waals surface area contributed by atoms with Crippen molar-refractivity contribution in [1.29, 1.82) is 0 Å². The highest BCUT2D eigenvalue weighted by Crippen LogP contribution is 2.39. The van der Waals surface area contributed by atoms with Crippen molar-refractivity contribution in [1.82, 2.24) is 24.8 Å². The standard InChI is InChI=1S/C23H22N6O3S/c1-14-12-28(22(31)17-4-2-3-6-25-17)8-9-29(14)23(32)21(30)16-10-27-19-15(16)5-7-26-20(19)18-11-24-13-33-18/h2-7,11,13-14,16,27H,8-10,12H2,1H3. The summed E-state index contributed by atoms with van der Waals surface area (Å²) in [5, 5.41) is 3.26. The van der Waals surface area contributed by atoms with Crippen LogP contribution < -0.4 is 5.32 Å². The number of aromatic nitrogens is 3. The summed E-state index contributed by atoms with van der Waals surface area (Å²) in [4.78, 5) is 55.9. The van der Waals surface area contributed by atoms with Crippen molar-refractivity contribution in [2.45, 2.75) is 18.9 Å². The second kappa shape index (κ2) is 8.70. The number of fused-ring (bicyclic) bond motifs is 1. The van der Waals surface area contributed by atoms with Gasteiger partial charge in [0, 0.05) is 50.8 Å². The number of piperazine rings is 1. The number of Topliss-reactive ketones (excluding diaryl/α,β-unsaturated/α-hetero) is 1. The van der Waals surface area contributed by atoms with Gasteiger partial charge >= 0.3 is 0 Å². The van der Waals surface area contributed by atoms with E-state index in [1.165, 1.54) is 11.3 Å². The Kier molecular flexibility index (Phi) is 5.59. The number of ketones is 1. The SMILES string of the molecule is CC1CN(C(=O)c2ccccn2)CCN1C(=O)C(=O)C1CNc2c1ccnc2-c1cncs1. The maximum absolute atomic E-state index is 13.2. The average Bonchev–Trinajstić information content (AvgIpc) is 3.53. The van der Waals surface area contributed by atoms with Gasteiger partial charge in [-0.2, -0.15) is 0 Å². The molecule has 33 heavy (non-hydrogen) atoms. The number of anilines is 1. The van der Waals surface area contributed by atoms with Crippen molar-refractivity contribution in [2.75, 3.05) is 31.5 Å². The van der Waals surface area contributed by atoms with Crippen LogP contribution in [0.1, 0.15) is 28.9 Å². The molecule has 2 aliphatic heterocycles. The first-order valence-corrected chi connectivity index (χ1v) is 11.6. The number of nitrogens with zero attached hydrogens (tertiary/aromatic N) is 5. The zero-order chi connectivity index (χ0) is 22.9. The molecule has 0 radical (unpaired) electrons. The molecule has 2 atom stereocenters. The van der Waals surface area contributed by atoms with Crippen LogP contribution in [0.4, 0.5) is 5.69 Å². The van der Waals surface area contributed by atoms with Crippen LogP contribution >= 0.6 is 11.3 Å². The van der Waals surface area contributed by atoms with E-state index in [0.29, 0.717) is 31.9 Å². The van der Waals surface area contributed by atoms with Gasteiger partial charge in [-0.15, -0.1) is 11.3 Å². The predicted octanol–water partition coefficient (Wildman–Crippen LogP) is 2.05. The molecular weight excluding hydrogens is 440 g/mol. The van der Waals surface area contributed by atoms with E-state index in [0.717, 1.165) is 21.8 Å². The first kappa shape index (κ1) is 21.2. The zero-order valence-electron chi connectivity index (χ0n) is 18.0. The van der Waals surface area contributed by atoms with Gasteiger partial charge in [0.05, 0.1) is 22.0 Å². The first-order chi connectivity index (χ1) is 16.0. The Bertz CT molecular complexity index is 1200. The van der Waals surface area contributed by atoms with Crippen molar-refractivity contribution >= 4 is 34.6 Å². The van der Waals surface area contributed by atoms with Gasteiger partial charge in [0.15, 0.2) is 0 Å². The van der Waals surface area contributed by atoms with Crippen LogP contribution in [-0.4, -0.2) is 74.6 Å². The van der Waals surface area contributed by atoms with Gasteiger partial charge in [-0.05, 0) is 30.7 Å². The topological polar surface area (TPSA) is 108 Å². The molecule has 3 aromatic heterocycles. The van der Waals surface area contributed by atoms with E-state index in [-0.39, 0.29) is 11.9 Å². The van der Waals surface area contributed by atoms with E-state index in [1.807, 2.05) is 6.92 Å². The molecule has 0 aliphatic carbocycles. The summed E-state index contributed by atoms with van der Waals surface area (Å²) in [6.07, 6.45) is 4.98. The van der Waals surface area contributed by atoms with Crippen molar-refractivity contribution in [3.8, 4) is 10.6 Å². The van der Waals surface area contributed by atoms with Gasteiger partial charge in [-0.1, -0.05) is 6.07 Å². The summed E-state index contributed by atoms with van der Waals surface area (Å²) in [5.41, 5.74) is 4.42. The maximum atomic E-state index is 13.2. The van der Waals surface area contributed by atoms with Gasteiger partial charge in [-0.25, -0.2) is 0 Å². The third kappa shape index (κ3) is 3.86. The smallest absolute Gasteiger partial charge is 0.291 e. The number of thiazole rings is 1. The number of hydrogen-bond acceptors (Lipinski definition) is 8. The van der Waals surface area contributed by atoms with Crippen LogP contribution in [0.3, 0.4) is 0 Å². The third-order valence-electron chi connectivity index (χ3n) is 6.09. The Morgan fingerprint density at radius 1 is 1.12 bits per heavy atom. The number of carbonyl (C=O) groups is 3. The Hall–Kier alpha value is -3.66. The normalized spacial score (nSPS) is 19.7. The minimum Gasteiger partial charge on any atom is -0.382 e. The number of pyridine rings is 2. The number of amides is 2. The number of rotatable bonds is 4. The van der Waals surface area contributed by atoms with Gasteiger partial charge in [0.2, 0.25) is 5.78 Å². The number of carbonyl (C=O) groups excluding carboxylic acids is 3. The molecule has 5 heterocycles. The molecular formula is C23H22N6O3S. The highest BCUT2D eigenvalue weighted by atomic mass is 32.1. The molecule has 2 amide bonds. The lowest BCUT2D eigenvalue weighted by Gasteiger charge is -2.39. The maximum Gasteiger partial charge on any atom is 0.291 e. The van der Waals surface area contributed by atoms with E-state index in [9.17, 15) is 14.4 Å². The van der Waals surface area contributed by atoms with E-state index in [2.05, 4.69) is 20.3 Å². The molecule has 5 rings (SSSR count). The minimum absolute atomic E-state index is 0.169. The van der Waals surface area contributed by atoms with Crippen molar-refractivity contribution in [3.05, 3.63) is 59.6 Å². The fourth-order valence-corrected chi connectivity index (χ4v) is 5.03. The van der Waals surface area contributed by atoms with Crippen LogP contribution in [0.15, 0.2) is 48.4 Å². The molecule has 9 nitrogen and oxygen atoms in total. The summed E-state index contributed by atoms with van der Waals surface area (Å²) < 4.78 is 0. The lowest BCUT2D eigenvalue weighted by atomic mass is 9.95. The Morgan fingerprint density at radius 3 is 2.73 bits per heavy atom. The van der Waals surface area contributed by atoms with Crippen LogP contribution in [0, 0.1) is 0 Å². The van der Waals surface area contributed by atoms with E-state index >= 15 is 0 Å². The van der Waals surface area contributed by atoms with E-state index < -0.39 is 17.6 Å². The molecule has 2 aliphatic rings. The van der Waals surface area contributed by atoms with Crippen molar-refractivity contribution < 1.29 is 14.4 Å². The van der Waals surface area contributed by atoms with Crippen molar-refractivity contribution in [3.63, 3.8) is 0 Å². The largest absolute Gasteiger partial charge is 0.382 e. The Morgan fingerprint density at radius 2 is 2.00 bits per heavy atom. The molecule has 1 fully saturated rings. The first-order valence-electron chi connectivity index (χ1n) is 10.7. The van der Waals surface area contributed by atoms with Gasteiger partial charge < -0.3 is 15.1 Å². The predicted molar refractivity (Wildman–Crippen MR) is 123 cm³/mol. The Labute approximate surface area is 194 Å². The molecule has 10 heteroatoms. The van der Waals surface area contributed by atoms with Crippen LogP contribution in [0.5, 0.6) is 0 Å². The highest BCUT2D eigenvalue weighted by molar-refractivity contribution is 7.13.